The highest BCUT2D eigenvalue weighted by Crippen LogP contribution is 2.06. The van der Waals surface area contributed by atoms with E-state index in [-0.39, 0.29) is 6.54 Å². The van der Waals surface area contributed by atoms with Crippen LogP contribution in [0.3, 0.4) is 0 Å². The van der Waals surface area contributed by atoms with Gasteiger partial charge in [-0.25, -0.2) is 12.7 Å². The van der Waals surface area contributed by atoms with Gasteiger partial charge in [-0.15, -0.1) is 0 Å². The maximum Gasteiger partial charge on any atom is 0.234 e. The van der Waals surface area contributed by atoms with Gasteiger partial charge in [-0.2, -0.15) is 0 Å². The fraction of sp³-hybridized carbons (Fsp3) is 0.300. The quantitative estimate of drug-likeness (QED) is 0.785. The predicted octanol–water partition coefficient (Wildman–Crippen LogP) is -0.0665. The van der Waals surface area contributed by atoms with Gasteiger partial charge in [-0.05, 0) is 5.56 Å². The number of nitrogens with two attached hydrogens (primary N) is 1. The van der Waals surface area contributed by atoms with Gasteiger partial charge < -0.3 is 5.73 Å². The van der Waals surface area contributed by atoms with E-state index in [2.05, 4.69) is 0 Å². The van der Waals surface area contributed by atoms with Gasteiger partial charge in [0.15, 0.2) is 0 Å². The van der Waals surface area contributed by atoms with Crippen LogP contribution in [0.15, 0.2) is 30.3 Å². The molecule has 0 saturated carbocycles. The number of carbonyl (C=O) groups excluding carboxylic acids is 1. The Morgan fingerprint density at radius 3 is 2.38 bits per heavy atom. The number of rotatable bonds is 5. The Morgan fingerprint density at radius 2 is 1.88 bits per heavy atom. The molecule has 2 N–H and O–H groups in total. The Bertz CT molecular complexity index is 456. The van der Waals surface area contributed by atoms with Crippen molar-refractivity contribution in [3.63, 3.8) is 0 Å². The van der Waals surface area contributed by atoms with Crippen LogP contribution >= 0.6 is 0 Å². The molecule has 0 bridgehead atoms. The van der Waals surface area contributed by atoms with Crippen LogP contribution in [-0.2, 0) is 21.4 Å². The van der Waals surface area contributed by atoms with Crippen LogP contribution in [0.25, 0.3) is 0 Å². The normalized spacial score (nSPS) is 11.6. The minimum absolute atomic E-state index is 0.233. The van der Waals surface area contributed by atoms with Crippen LogP contribution in [0, 0.1) is 0 Å². The molecule has 0 heterocycles. The van der Waals surface area contributed by atoms with Crippen LogP contribution in [-0.4, -0.2) is 31.4 Å². The lowest BCUT2D eigenvalue weighted by Gasteiger charge is -2.15. The van der Waals surface area contributed by atoms with E-state index in [4.69, 9.17) is 5.73 Å². The summed E-state index contributed by atoms with van der Waals surface area (Å²) in [5, 5.41) is 0. The van der Waals surface area contributed by atoms with Crippen LogP contribution < -0.4 is 5.73 Å². The van der Waals surface area contributed by atoms with E-state index >= 15 is 0 Å². The molecule has 0 spiro atoms. The van der Waals surface area contributed by atoms with Crippen molar-refractivity contribution < 1.29 is 13.2 Å². The smallest absolute Gasteiger partial charge is 0.234 e. The Morgan fingerprint density at radius 1 is 1.31 bits per heavy atom. The molecule has 1 rings (SSSR count). The number of carbonyl (C=O) groups is 1. The van der Waals surface area contributed by atoms with Crippen molar-refractivity contribution in [2.24, 2.45) is 5.73 Å². The molecule has 0 aliphatic carbocycles. The van der Waals surface area contributed by atoms with Crippen molar-refractivity contribution in [2.45, 2.75) is 6.54 Å². The van der Waals surface area contributed by atoms with Crippen molar-refractivity contribution in [3.8, 4) is 0 Å². The molecule has 0 atom stereocenters. The summed E-state index contributed by atoms with van der Waals surface area (Å²) in [4.78, 5) is 10.6. The molecule has 0 unspecified atom stereocenters. The van der Waals surface area contributed by atoms with Crippen molar-refractivity contribution in [1.29, 1.82) is 0 Å². The third kappa shape index (κ3) is 3.63. The summed E-state index contributed by atoms with van der Waals surface area (Å²) in [7, 11) is -2.18. The van der Waals surface area contributed by atoms with E-state index < -0.39 is 21.7 Å². The molecule has 0 aromatic heterocycles. The maximum absolute atomic E-state index is 11.6. The molecular weight excluding hydrogens is 228 g/mol. The standard InChI is InChI=1S/C10H14N2O3S/c1-12(16(14,15)8-10(11)13)7-9-5-3-2-4-6-9/h2-6H,7-8H2,1H3,(H2,11,13). The second kappa shape index (κ2) is 5.09. The number of benzene rings is 1. The number of amides is 1. The van der Waals surface area contributed by atoms with Gasteiger partial charge in [0.1, 0.15) is 5.75 Å². The largest absolute Gasteiger partial charge is 0.369 e. The SMILES string of the molecule is CN(Cc1ccccc1)S(=O)(=O)CC(N)=O. The van der Waals surface area contributed by atoms with Crippen LogP contribution in [0.2, 0.25) is 0 Å². The van der Waals surface area contributed by atoms with E-state index in [1.54, 1.807) is 0 Å². The first-order chi connectivity index (χ1) is 7.42. The van der Waals surface area contributed by atoms with Crippen molar-refractivity contribution >= 4 is 15.9 Å². The molecule has 0 fully saturated rings. The number of sulfonamides is 1. The monoisotopic (exact) mass is 242 g/mol. The second-order valence-corrected chi connectivity index (χ2v) is 5.54. The first kappa shape index (κ1) is 12.7. The van der Waals surface area contributed by atoms with Crippen molar-refractivity contribution in [3.05, 3.63) is 35.9 Å². The van der Waals surface area contributed by atoms with Crippen molar-refractivity contribution in [2.75, 3.05) is 12.8 Å². The summed E-state index contributed by atoms with van der Waals surface area (Å²) >= 11 is 0. The molecule has 88 valence electrons. The summed E-state index contributed by atoms with van der Waals surface area (Å²) < 4.78 is 24.3. The van der Waals surface area contributed by atoms with E-state index in [9.17, 15) is 13.2 Å². The minimum atomic E-state index is -3.60. The molecule has 5 nitrogen and oxygen atoms in total. The zero-order valence-corrected chi connectivity index (χ0v) is 9.78. The van der Waals surface area contributed by atoms with Gasteiger partial charge >= 0.3 is 0 Å². The topological polar surface area (TPSA) is 80.5 Å². The third-order valence-electron chi connectivity index (χ3n) is 2.05. The van der Waals surface area contributed by atoms with E-state index in [1.807, 2.05) is 30.3 Å². The fourth-order valence-corrected chi connectivity index (χ4v) is 2.15. The molecule has 1 amide bonds. The molecular formula is C10H14N2O3S. The molecule has 1 aromatic rings. The summed E-state index contributed by atoms with van der Waals surface area (Å²) in [6.07, 6.45) is 0. The highest BCUT2D eigenvalue weighted by molar-refractivity contribution is 7.89. The summed E-state index contributed by atoms with van der Waals surface area (Å²) in [5.74, 6) is -1.50. The first-order valence-corrected chi connectivity index (χ1v) is 6.29. The van der Waals surface area contributed by atoms with E-state index in [1.165, 1.54) is 7.05 Å². The number of hydrogen-bond acceptors (Lipinski definition) is 3. The molecule has 0 aliphatic heterocycles. The summed E-state index contributed by atoms with van der Waals surface area (Å²) in [6.45, 7) is 0.233. The number of primary amides is 1. The Kier molecular flexibility index (Phi) is 4.03. The van der Waals surface area contributed by atoms with Crippen LogP contribution in [0.5, 0.6) is 0 Å². The zero-order chi connectivity index (χ0) is 12.2. The highest BCUT2D eigenvalue weighted by atomic mass is 32.2. The minimum Gasteiger partial charge on any atom is -0.369 e. The van der Waals surface area contributed by atoms with Crippen molar-refractivity contribution in [1.82, 2.24) is 4.31 Å². The fourth-order valence-electron chi connectivity index (χ4n) is 1.23. The van der Waals surface area contributed by atoms with Crippen LogP contribution in [0.4, 0.5) is 0 Å². The first-order valence-electron chi connectivity index (χ1n) is 4.68. The molecule has 1 aromatic carbocycles. The van der Waals surface area contributed by atoms with Gasteiger partial charge in [0.2, 0.25) is 15.9 Å². The summed E-state index contributed by atoms with van der Waals surface area (Å²) in [6, 6.07) is 9.13. The molecule has 0 aliphatic rings. The Labute approximate surface area is 94.9 Å². The molecule has 0 saturated heterocycles. The number of hydrogen-bond donors (Lipinski definition) is 1. The average Bonchev–Trinajstić information content (AvgIpc) is 2.17. The lowest BCUT2D eigenvalue weighted by Crippen LogP contribution is -2.34. The number of nitrogens with zero attached hydrogens (tertiary/aromatic N) is 1. The molecule has 6 heteroatoms. The lowest BCUT2D eigenvalue weighted by molar-refractivity contribution is -0.115. The molecule has 0 radical (unpaired) electrons. The van der Waals surface area contributed by atoms with Gasteiger partial charge in [-0.1, -0.05) is 30.3 Å². The van der Waals surface area contributed by atoms with Gasteiger partial charge in [-0.3, -0.25) is 4.79 Å². The van der Waals surface area contributed by atoms with Gasteiger partial charge in [0, 0.05) is 13.6 Å². The molecule has 16 heavy (non-hydrogen) atoms. The summed E-state index contributed by atoms with van der Waals surface area (Å²) in [5.41, 5.74) is 5.72. The maximum atomic E-state index is 11.6. The van der Waals surface area contributed by atoms with E-state index in [0.717, 1.165) is 9.87 Å². The lowest BCUT2D eigenvalue weighted by atomic mass is 10.2. The van der Waals surface area contributed by atoms with E-state index in [0.29, 0.717) is 0 Å². The highest BCUT2D eigenvalue weighted by Gasteiger charge is 2.20. The Balaban J connectivity index is 2.72. The van der Waals surface area contributed by atoms with Gasteiger partial charge in [0.25, 0.3) is 0 Å². The Hall–Kier alpha value is -1.40. The average molecular weight is 242 g/mol. The van der Waals surface area contributed by atoms with Gasteiger partial charge in [0.05, 0.1) is 0 Å². The second-order valence-electron chi connectivity index (χ2n) is 3.46. The predicted molar refractivity (Wildman–Crippen MR) is 60.9 cm³/mol. The van der Waals surface area contributed by atoms with Crippen LogP contribution in [0.1, 0.15) is 5.56 Å². The third-order valence-corrected chi connectivity index (χ3v) is 3.78. The zero-order valence-electron chi connectivity index (χ0n) is 8.96.